The van der Waals surface area contributed by atoms with E-state index in [0.29, 0.717) is 43.2 Å². The number of halogens is 1. The predicted molar refractivity (Wildman–Crippen MR) is 133 cm³/mol. The van der Waals surface area contributed by atoms with Crippen LogP contribution in [-0.2, 0) is 28.4 Å². The first-order valence-corrected chi connectivity index (χ1v) is 13.2. The Morgan fingerprint density at radius 1 is 1.06 bits per heavy atom. The Morgan fingerprint density at radius 2 is 1.85 bits per heavy atom. The standard InChI is InChI=1S/C25H28FN5O2S/c1-25(2)11-13-31(34(3,32)33)23-14-17(8-9-19(23)25)29-24-18-10-12-30(15-21(18)27-16-28-24)22-7-5-4-6-20(22)26/h4-9,14,16H,10-13,15H2,1-3H3,(H,27,28,29). The Morgan fingerprint density at radius 3 is 2.62 bits per heavy atom. The van der Waals surface area contributed by atoms with Crippen molar-refractivity contribution in [3.05, 3.63) is 71.4 Å². The zero-order chi connectivity index (χ0) is 24.1. The lowest BCUT2D eigenvalue weighted by atomic mass is 9.78. The molecule has 0 spiro atoms. The van der Waals surface area contributed by atoms with Crippen molar-refractivity contribution in [3.63, 3.8) is 0 Å². The van der Waals surface area contributed by atoms with Crippen LogP contribution in [0.25, 0.3) is 0 Å². The summed E-state index contributed by atoms with van der Waals surface area (Å²) in [7, 11) is -3.39. The summed E-state index contributed by atoms with van der Waals surface area (Å²) in [5.74, 6) is 0.449. The fourth-order valence-electron chi connectivity index (χ4n) is 4.88. The molecule has 0 saturated carbocycles. The van der Waals surface area contributed by atoms with Crippen LogP contribution in [0.3, 0.4) is 0 Å². The minimum atomic E-state index is -3.39. The van der Waals surface area contributed by atoms with Crippen molar-refractivity contribution in [1.82, 2.24) is 9.97 Å². The van der Waals surface area contributed by atoms with Crippen molar-refractivity contribution in [2.45, 2.75) is 38.6 Å². The Kier molecular flexibility index (Phi) is 5.47. The maximum absolute atomic E-state index is 14.3. The molecule has 1 aromatic heterocycles. The van der Waals surface area contributed by atoms with Gasteiger partial charge >= 0.3 is 0 Å². The molecular formula is C25H28FN5O2S. The zero-order valence-corrected chi connectivity index (χ0v) is 20.4. The van der Waals surface area contributed by atoms with Gasteiger partial charge in [0.05, 0.1) is 29.9 Å². The highest BCUT2D eigenvalue weighted by Gasteiger charge is 2.35. The van der Waals surface area contributed by atoms with Crippen molar-refractivity contribution < 1.29 is 12.8 Å². The molecule has 0 amide bonds. The van der Waals surface area contributed by atoms with Crippen molar-refractivity contribution in [2.24, 2.45) is 0 Å². The lowest BCUT2D eigenvalue weighted by Crippen LogP contribution is -2.40. The van der Waals surface area contributed by atoms with Gasteiger partial charge in [0.1, 0.15) is 18.0 Å². The third kappa shape index (κ3) is 4.09. The van der Waals surface area contributed by atoms with Gasteiger partial charge in [-0.3, -0.25) is 4.31 Å². The number of hydrogen-bond acceptors (Lipinski definition) is 6. The molecule has 1 N–H and O–H groups in total. The first kappa shape index (κ1) is 22.6. The molecule has 34 heavy (non-hydrogen) atoms. The molecular weight excluding hydrogens is 453 g/mol. The summed E-state index contributed by atoms with van der Waals surface area (Å²) in [6.07, 6.45) is 4.19. The van der Waals surface area contributed by atoms with Gasteiger partial charge in [0.25, 0.3) is 0 Å². The minimum Gasteiger partial charge on any atom is -0.363 e. The number of hydrogen-bond donors (Lipinski definition) is 1. The first-order valence-electron chi connectivity index (χ1n) is 11.3. The highest BCUT2D eigenvalue weighted by atomic mass is 32.2. The van der Waals surface area contributed by atoms with E-state index in [1.54, 1.807) is 12.1 Å². The zero-order valence-electron chi connectivity index (χ0n) is 19.5. The Balaban J connectivity index is 1.46. The molecule has 178 valence electrons. The highest BCUT2D eigenvalue weighted by molar-refractivity contribution is 7.92. The van der Waals surface area contributed by atoms with Crippen molar-refractivity contribution in [2.75, 3.05) is 33.9 Å². The second-order valence-corrected chi connectivity index (χ2v) is 11.5. The Labute approximate surface area is 199 Å². The number of nitrogens with zero attached hydrogens (tertiary/aromatic N) is 4. The highest BCUT2D eigenvalue weighted by Crippen LogP contribution is 2.42. The molecule has 2 aliphatic rings. The summed E-state index contributed by atoms with van der Waals surface area (Å²) in [5.41, 5.74) is 4.79. The number of anilines is 4. The summed E-state index contributed by atoms with van der Waals surface area (Å²) in [6, 6.07) is 12.6. The molecule has 2 aliphatic heterocycles. The molecule has 9 heteroatoms. The van der Waals surface area contributed by atoms with E-state index in [2.05, 4.69) is 29.1 Å². The maximum Gasteiger partial charge on any atom is 0.232 e. The van der Waals surface area contributed by atoms with Crippen LogP contribution in [0.5, 0.6) is 0 Å². The molecule has 0 radical (unpaired) electrons. The summed E-state index contributed by atoms with van der Waals surface area (Å²) in [5, 5.41) is 3.38. The van der Waals surface area contributed by atoms with Crippen LogP contribution >= 0.6 is 0 Å². The van der Waals surface area contributed by atoms with Crippen LogP contribution in [-0.4, -0.2) is 37.7 Å². The van der Waals surface area contributed by atoms with Gasteiger partial charge in [-0.1, -0.05) is 32.0 Å². The van der Waals surface area contributed by atoms with Crippen LogP contribution in [0.1, 0.15) is 37.1 Å². The number of para-hydroxylation sites is 1. The van der Waals surface area contributed by atoms with Gasteiger partial charge in [-0.15, -0.1) is 0 Å². The number of sulfonamides is 1. The van der Waals surface area contributed by atoms with Gasteiger partial charge < -0.3 is 10.2 Å². The maximum atomic E-state index is 14.3. The van der Waals surface area contributed by atoms with E-state index in [0.717, 1.165) is 28.9 Å². The Bertz CT molecular complexity index is 1360. The second-order valence-electron chi connectivity index (χ2n) is 9.60. The largest absolute Gasteiger partial charge is 0.363 e. The van der Waals surface area contributed by atoms with Gasteiger partial charge in [-0.05, 0) is 48.1 Å². The molecule has 5 rings (SSSR count). The molecule has 3 aromatic rings. The normalized spacial score (nSPS) is 17.2. The van der Waals surface area contributed by atoms with E-state index < -0.39 is 10.0 Å². The molecule has 0 unspecified atom stereocenters. The lowest BCUT2D eigenvalue weighted by molar-refractivity contribution is 0.468. The van der Waals surface area contributed by atoms with Crippen molar-refractivity contribution in [1.29, 1.82) is 0 Å². The van der Waals surface area contributed by atoms with E-state index in [1.165, 1.54) is 23.0 Å². The smallest absolute Gasteiger partial charge is 0.232 e. The van der Waals surface area contributed by atoms with E-state index in [4.69, 9.17) is 0 Å². The summed E-state index contributed by atoms with van der Waals surface area (Å²) in [4.78, 5) is 10.9. The van der Waals surface area contributed by atoms with E-state index in [9.17, 15) is 12.8 Å². The second kappa shape index (κ2) is 8.23. The number of nitrogens with one attached hydrogen (secondary N) is 1. The molecule has 2 aromatic carbocycles. The number of aromatic nitrogens is 2. The molecule has 3 heterocycles. The molecule has 0 saturated heterocycles. The Hall–Kier alpha value is -3.20. The first-order chi connectivity index (χ1) is 16.1. The van der Waals surface area contributed by atoms with Crippen LogP contribution in [0.4, 0.5) is 27.3 Å². The van der Waals surface area contributed by atoms with Crippen molar-refractivity contribution >= 4 is 32.9 Å². The van der Waals surface area contributed by atoms with Gasteiger partial charge in [0.15, 0.2) is 0 Å². The third-order valence-electron chi connectivity index (χ3n) is 6.80. The SMILES string of the molecule is CC1(C)CCN(S(C)(=O)=O)c2cc(Nc3ncnc4c3CCN(c3ccccc3F)C4)ccc21. The fourth-order valence-corrected chi connectivity index (χ4v) is 5.81. The number of benzene rings is 2. The quantitative estimate of drug-likeness (QED) is 0.596. The average Bonchev–Trinajstić information content (AvgIpc) is 2.78. The molecule has 0 fully saturated rings. The molecule has 0 aliphatic carbocycles. The molecule has 7 nitrogen and oxygen atoms in total. The lowest BCUT2D eigenvalue weighted by Gasteiger charge is -2.39. The minimum absolute atomic E-state index is 0.112. The summed E-state index contributed by atoms with van der Waals surface area (Å²) < 4.78 is 40.7. The summed E-state index contributed by atoms with van der Waals surface area (Å²) in [6.45, 7) is 5.88. The predicted octanol–water partition coefficient (Wildman–Crippen LogP) is 4.37. The number of rotatable bonds is 4. The van der Waals surface area contributed by atoms with E-state index in [1.807, 2.05) is 29.2 Å². The fraction of sp³-hybridized carbons (Fsp3) is 0.360. The van der Waals surface area contributed by atoms with Crippen molar-refractivity contribution in [3.8, 4) is 0 Å². The van der Waals surface area contributed by atoms with Crippen LogP contribution < -0.4 is 14.5 Å². The van der Waals surface area contributed by atoms with Crippen LogP contribution in [0.15, 0.2) is 48.8 Å². The van der Waals surface area contributed by atoms with Gasteiger partial charge in [0.2, 0.25) is 10.0 Å². The molecule has 0 atom stereocenters. The van der Waals surface area contributed by atoms with Gasteiger partial charge in [0, 0.05) is 24.3 Å². The van der Waals surface area contributed by atoms with Crippen LogP contribution in [0, 0.1) is 5.82 Å². The third-order valence-corrected chi connectivity index (χ3v) is 7.98. The van der Waals surface area contributed by atoms with E-state index in [-0.39, 0.29) is 11.2 Å². The average molecular weight is 482 g/mol. The van der Waals surface area contributed by atoms with Gasteiger partial charge in [-0.2, -0.15) is 0 Å². The monoisotopic (exact) mass is 481 g/mol. The van der Waals surface area contributed by atoms with Gasteiger partial charge in [-0.25, -0.2) is 22.8 Å². The topological polar surface area (TPSA) is 78.4 Å². The summed E-state index contributed by atoms with van der Waals surface area (Å²) >= 11 is 0. The van der Waals surface area contributed by atoms with Crippen LogP contribution in [0.2, 0.25) is 0 Å². The number of fused-ring (bicyclic) bond motifs is 2. The molecule has 0 bridgehead atoms. The van der Waals surface area contributed by atoms with E-state index >= 15 is 0 Å².